The van der Waals surface area contributed by atoms with Gasteiger partial charge in [0.2, 0.25) is 0 Å². The maximum Gasteiger partial charge on any atom is 0.317 e. The molecule has 2 fully saturated rings. The molecule has 154 valence electrons. The number of nitrogens with zero attached hydrogens (tertiary/aromatic N) is 4. The molecule has 1 saturated carbocycles. The number of likely N-dealkylation sites (tertiary alicyclic amines) is 1. The molecule has 1 N–H and O–H groups in total. The molecule has 1 aliphatic carbocycles. The summed E-state index contributed by atoms with van der Waals surface area (Å²) >= 11 is 0. The van der Waals surface area contributed by atoms with E-state index in [0.717, 1.165) is 73.4 Å². The second-order valence-electron chi connectivity index (χ2n) is 9.48. The zero-order valence-electron chi connectivity index (χ0n) is 17.3. The molecule has 0 bridgehead atoms. The van der Waals surface area contributed by atoms with Crippen molar-refractivity contribution in [3.63, 3.8) is 0 Å². The van der Waals surface area contributed by atoms with E-state index in [1.165, 1.54) is 5.69 Å². The molecule has 1 saturated heterocycles. The first-order chi connectivity index (χ1) is 14.6. The van der Waals surface area contributed by atoms with Crippen molar-refractivity contribution >= 4 is 16.9 Å². The summed E-state index contributed by atoms with van der Waals surface area (Å²) in [7, 11) is 0. The van der Waals surface area contributed by atoms with Crippen LogP contribution in [0.2, 0.25) is 0 Å². The SMILES string of the molecule is CC1CC(NC(=O)N2CCC3(CCn4nc(-c5cnc6ccccc6c5)cc43)C2)C1. The normalized spacial score (nSPS) is 27.4. The number of hydrogen-bond donors (Lipinski definition) is 1. The summed E-state index contributed by atoms with van der Waals surface area (Å²) in [5.74, 6) is 0.743. The minimum atomic E-state index is 0.0414. The number of pyridine rings is 1. The number of aryl methyl sites for hydroxylation is 1. The fourth-order valence-corrected chi connectivity index (χ4v) is 5.56. The van der Waals surface area contributed by atoms with E-state index in [4.69, 9.17) is 5.10 Å². The zero-order chi connectivity index (χ0) is 20.3. The van der Waals surface area contributed by atoms with Gasteiger partial charge in [-0.05, 0) is 49.8 Å². The van der Waals surface area contributed by atoms with Gasteiger partial charge < -0.3 is 10.2 Å². The Labute approximate surface area is 176 Å². The number of carbonyl (C=O) groups excluding carboxylic acids is 1. The van der Waals surface area contributed by atoms with Crippen LogP contribution in [0, 0.1) is 5.92 Å². The molecule has 0 radical (unpaired) electrons. The van der Waals surface area contributed by atoms with Crippen molar-refractivity contribution in [2.45, 2.75) is 50.6 Å². The molecule has 4 heterocycles. The molecule has 1 spiro atoms. The lowest BCUT2D eigenvalue weighted by Crippen LogP contribution is -2.49. The van der Waals surface area contributed by atoms with Crippen LogP contribution in [0.5, 0.6) is 0 Å². The topological polar surface area (TPSA) is 63.1 Å². The average Bonchev–Trinajstić information content (AvgIpc) is 3.43. The molecule has 2 aromatic heterocycles. The highest BCUT2D eigenvalue weighted by Gasteiger charge is 2.47. The molecule has 1 aromatic carbocycles. The third-order valence-electron chi connectivity index (χ3n) is 7.35. The predicted octanol–water partition coefficient (Wildman–Crippen LogP) is 3.95. The molecule has 3 aliphatic rings. The smallest absolute Gasteiger partial charge is 0.317 e. The van der Waals surface area contributed by atoms with Gasteiger partial charge in [-0.2, -0.15) is 5.10 Å². The highest BCUT2D eigenvalue weighted by Crippen LogP contribution is 2.44. The molecule has 1 unspecified atom stereocenters. The monoisotopic (exact) mass is 401 g/mol. The van der Waals surface area contributed by atoms with Crippen LogP contribution >= 0.6 is 0 Å². The highest BCUT2D eigenvalue weighted by atomic mass is 16.2. The Bertz CT molecular complexity index is 1130. The fourth-order valence-electron chi connectivity index (χ4n) is 5.56. The Balaban J connectivity index is 1.23. The number of rotatable bonds is 2. The number of amides is 2. The lowest BCUT2D eigenvalue weighted by atomic mass is 9.82. The number of fused-ring (bicyclic) bond motifs is 3. The first-order valence-electron chi connectivity index (χ1n) is 11.1. The van der Waals surface area contributed by atoms with Crippen molar-refractivity contribution in [3.8, 4) is 11.3 Å². The van der Waals surface area contributed by atoms with Crippen molar-refractivity contribution in [1.82, 2.24) is 25.0 Å². The lowest BCUT2D eigenvalue weighted by Gasteiger charge is -2.34. The van der Waals surface area contributed by atoms with Crippen LogP contribution < -0.4 is 5.32 Å². The van der Waals surface area contributed by atoms with Crippen molar-refractivity contribution in [2.24, 2.45) is 5.92 Å². The van der Waals surface area contributed by atoms with Crippen LogP contribution in [0.1, 0.15) is 38.3 Å². The number of nitrogens with one attached hydrogen (secondary N) is 1. The molecule has 2 amide bonds. The van der Waals surface area contributed by atoms with Crippen LogP contribution in [0.4, 0.5) is 4.79 Å². The largest absolute Gasteiger partial charge is 0.335 e. The van der Waals surface area contributed by atoms with Gasteiger partial charge in [0.15, 0.2) is 0 Å². The summed E-state index contributed by atoms with van der Waals surface area (Å²) in [6, 6.07) is 13.0. The number of carbonyl (C=O) groups is 1. The van der Waals surface area contributed by atoms with E-state index < -0.39 is 0 Å². The van der Waals surface area contributed by atoms with Gasteiger partial charge in [-0.15, -0.1) is 0 Å². The Morgan fingerprint density at radius 2 is 2.00 bits per heavy atom. The second-order valence-corrected chi connectivity index (χ2v) is 9.48. The third-order valence-corrected chi connectivity index (χ3v) is 7.35. The lowest BCUT2D eigenvalue weighted by molar-refractivity contribution is 0.181. The van der Waals surface area contributed by atoms with E-state index in [0.29, 0.717) is 6.04 Å². The second kappa shape index (κ2) is 6.56. The predicted molar refractivity (Wildman–Crippen MR) is 116 cm³/mol. The standard InChI is InChI=1S/C24H27N5O/c1-16-10-19(11-16)26-23(30)28-8-6-24(15-28)7-9-29-22(24)13-21(27-29)18-12-17-4-2-3-5-20(17)25-14-18/h2-5,12-14,16,19H,6-11,15H2,1H3,(H,26,30). The number of hydrogen-bond acceptors (Lipinski definition) is 3. The van der Waals surface area contributed by atoms with E-state index in [2.05, 4.69) is 40.1 Å². The first kappa shape index (κ1) is 17.9. The fraction of sp³-hybridized carbons (Fsp3) is 0.458. The van der Waals surface area contributed by atoms with E-state index in [1.54, 1.807) is 0 Å². The molecule has 6 rings (SSSR count). The summed E-state index contributed by atoms with van der Waals surface area (Å²) in [6.45, 7) is 4.79. The minimum Gasteiger partial charge on any atom is -0.335 e. The minimum absolute atomic E-state index is 0.0414. The van der Waals surface area contributed by atoms with Gasteiger partial charge in [0.1, 0.15) is 0 Å². The molecule has 6 nitrogen and oxygen atoms in total. The van der Waals surface area contributed by atoms with Gasteiger partial charge in [-0.3, -0.25) is 9.67 Å². The molecule has 2 aliphatic heterocycles. The first-order valence-corrected chi connectivity index (χ1v) is 11.1. The van der Waals surface area contributed by atoms with Crippen LogP contribution in [0.25, 0.3) is 22.2 Å². The number of benzene rings is 1. The van der Waals surface area contributed by atoms with Crippen LogP contribution in [-0.2, 0) is 12.0 Å². The van der Waals surface area contributed by atoms with Gasteiger partial charge in [0, 0.05) is 53.9 Å². The molecule has 3 aromatic rings. The van der Waals surface area contributed by atoms with E-state index in [1.807, 2.05) is 29.3 Å². The van der Waals surface area contributed by atoms with Gasteiger partial charge in [-0.25, -0.2) is 4.79 Å². The summed E-state index contributed by atoms with van der Waals surface area (Å²) in [4.78, 5) is 19.4. The van der Waals surface area contributed by atoms with Crippen molar-refractivity contribution in [3.05, 3.63) is 48.3 Å². The Kier molecular flexibility index (Phi) is 3.92. The van der Waals surface area contributed by atoms with Gasteiger partial charge in [0.05, 0.1) is 11.2 Å². The summed E-state index contributed by atoms with van der Waals surface area (Å²) in [5, 5.41) is 9.25. The van der Waals surface area contributed by atoms with Crippen molar-refractivity contribution in [1.29, 1.82) is 0 Å². The van der Waals surface area contributed by atoms with E-state index in [-0.39, 0.29) is 11.4 Å². The summed E-state index contributed by atoms with van der Waals surface area (Å²) in [6.07, 6.45) is 6.22. The third kappa shape index (κ3) is 2.81. The van der Waals surface area contributed by atoms with Crippen LogP contribution in [0.15, 0.2) is 42.6 Å². The van der Waals surface area contributed by atoms with E-state index >= 15 is 0 Å². The zero-order valence-corrected chi connectivity index (χ0v) is 17.3. The Morgan fingerprint density at radius 1 is 1.17 bits per heavy atom. The molecule has 1 atom stereocenters. The van der Waals surface area contributed by atoms with Gasteiger partial charge in [-0.1, -0.05) is 25.1 Å². The van der Waals surface area contributed by atoms with Gasteiger partial charge >= 0.3 is 6.03 Å². The maximum atomic E-state index is 12.7. The molecular formula is C24H27N5O. The van der Waals surface area contributed by atoms with Crippen molar-refractivity contribution in [2.75, 3.05) is 13.1 Å². The molecule has 30 heavy (non-hydrogen) atoms. The highest BCUT2D eigenvalue weighted by molar-refractivity contribution is 5.82. The Morgan fingerprint density at radius 3 is 2.87 bits per heavy atom. The molecule has 6 heteroatoms. The number of para-hydroxylation sites is 1. The van der Waals surface area contributed by atoms with E-state index in [9.17, 15) is 4.79 Å². The van der Waals surface area contributed by atoms with Crippen LogP contribution in [0.3, 0.4) is 0 Å². The average molecular weight is 402 g/mol. The summed E-state index contributed by atoms with van der Waals surface area (Å²) in [5.41, 5.74) is 4.35. The molecular weight excluding hydrogens is 374 g/mol. The van der Waals surface area contributed by atoms with Crippen LogP contribution in [-0.4, -0.2) is 44.8 Å². The Hall–Kier alpha value is -2.89. The summed E-state index contributed by atoms with van der Waals surface area (Å²) < 4.78 is 2.15. The maximum absolute atomic E-state index is 12.7. The number of urea groups is 1. The van der Waals surface area contributed by atoms with Crippen molar-refractivity contribution < 1.29 is 4.79 Å². The quantitative estimate of drug-likeness (QED) is 0.707. The van der Waals surface area contributed by atoms with Gasteiger partial charge in [0.25, 0.3) is 0 Å². The number of aromatic nitrogens is 3.